The molecule has 0 bridgehead atoms. The van der Waals surface area contributed by atoms with Gasteiger partial charge in [-0.2, -0.15) is 0 Å². The molecule has 0 spiro atoms. The molecule has 1 aliphatic rings. The Hall–Kier alpha value is -2.21. The summed E-state index contributed by atoms with van der Waals surface area (Å²) >= 11 is 0. The van der Waals surface area contributed by atoms with Gasteiger partial charge in [-0.25, -0.2) is 9.67 Å². The summed E-state index contributed by atoms with van der Waals surface area (Å²) in [5, 5.41) is 7.27. The van der Waals surface area contributed by atoms with Gasteiger partial charge in [-0.3, -0.25) is 9.69 Å². The molecule has 6 nitrogen and oxygen atoms in total. The number of amides is 1. The van der Waals surface area contributed by atoms with Crippen LogP contribution >= 0.6 is 0 Å². The van der Waals surface area contributed by atoms with Crippen LogP contribution in [0.1, 0.15) is 35.9 Å². The van der Waals surface area contributed by atoms with Crippen molar-refractivity contribution in [3.8, 4) is 5.69 Å². The summed E-state index contributed by atoms with van der Waals surface area (Å²) in [4.78, 5) is 18.8. The zero-order valence-electron chi connectivity index (χ0n) is 13.7. The number of aromatic nitrogens is 3. The van der Waals surface area contributed by atoms with Gasteiger partial charge in [0.25, 0.3) is 5.91 Å². The smallest absolute Gasteiger partial charge is 0.291 e. The largest absolute Gasteiger partial charge is 0.348 e. The molecule has 0 aliphatic carbocycles. The first-order chi connectivity index (χ1) is 11.2. The Bertz CT molecular complexity index is 681. The van der Waals surface area contributed by atoms with Gasteiger partial charge in [-0.05, 0) is 44.5 Å². The molecule has 0 unspecified atom stereocenters. The molecule has 1 N–H and O–H groups in total. The fourth-order valence-corrected chi connectivity index (χ4v) is 3.14. The lowest BCUT2D eigenvalue weighted by Crippen LogP contribution is -2.40. The minimum Gasteiger partial charge on any atom is -0.348 e. The summed E-state index contributed by atoms with van der Waals surface area (Å²) < 4.78 is 1.65. The molecule has 1 atom stereocenters. The molecule has 1 aromatic carbocycles. The molecule has 0 saturated carbocycles. The molecule has 3 rings (SSSR count). The second-order valence-corrected chi connectivity index (χ2v) is 5.93. The average Bonchev–Trinajstić information content (AvgIpc) is 3.22. The molecule has 23 heavy (non-hydrogen) atoms. The topological polar surface area (TPSA) is 63.1 Å². The number of nitrogens with one attached hydrogen (secondary N) is 1. The highest BCUT2D eigenvalue weighted by molar-refractivity contribution is 5.90. The quantitative estimate of drug-likeness (QED) is 0.914. The number of likely N-dealkylation sites (N-methyl/N-ethyl adjacent to an activating group) is 1. The number of likely N-dealkylation sites (tertiary alicyclic amines) is 1. The zero-order valence-corrected chi connectivity index (χ0v) is 13.7. The first-order valence-electron chi connectivity index (χ1n) is 8.19. The number of aryl methyl sites for hydroxylation is 1. The summed E-state index contributed by atoms with van der Waals surface area (Å²) in [5.74, 6) is 0.00888. The van der Waals surface area contributed by atoms with Crippen LogP contribution in [-0.4, -0.2) is 51.2 Å². The highest BCUT2D eigenvalue weighted by atomic mass is 16.2. The van der Waals surface area contributed by atoms with Crippen LogP contribution in [0.4, 0.5) is 0 Å². The van der Waals surface area contributed by atoms with Crippen molar-refractivity contribution in [1.29, 1.82) is 0 Å². The molecule has 2 aromatic rings. The highest BCUT2D eigenvalue weighted by Crippen LogP contribution is 2.15. The van der Waals surface area contributed by atoms with Crippen molar-refractivity contribution in [2.75, 3.05) is 19.6 Å². The van der Waals surface area contributed by atoms with E-state index in [-0.39, 0.29) is 11.7 Å². The average molecular weight is 313 g/mol. The Balaban J connectivity index is 1.64. The van der Waals surface area contributed by atoms with Crippen LogP contribution in [0.25, 0.3) is 5.69 Å². The van der Waals surface area contributed by atoms with E-state index in [1.807, 2.05) is 31.2 Å². The molecule has 1 fully saturated rings. The Morgan fingerprint density at radius 3 is 3.00 bits per heavy atom. The number of hydrogen-bond donors (Lipinski definition) is 1. The number of para-hydroxylation sites is 1. The maximum atomic E-state index is 12.3. The van der Waals surface area contributed by atoms with Crippen LogP contribution in [0.5, 0.6) is 0 Å². The maximum Gasteiger partial charge on any atom is 0.291 e. The second kappa shape index (κ2) is 6.91. The SMILES string of the molecule is CCN1CCC[C@@H]1CNC(=O)c1ncn(-c2ccccc2C)n1. The number of carbonyl (C=O) groups excluding carboxylic acids is 1. The van der Waals surface area contributed by atoms with E-state index in [2.05, 4.69) is 27.2 Å². The lowest BCUT2D eigenvalue weighted by Gasteiger charge is -2.22. The third-order valence-corrected chi connectivity index (χ3v) is 4.46. The third kappa shape index (κ3) is 3.42. The van der Waals surface area contributed by atoms with Gasteiger partial charge in [0.05, 0.1) is 5.69 Å². The van der Waals surface area contributed by atoms with E-state index in [9.17, 15) is 4.79 Å². The summed E-state index contributed by atoms with van der Waals surface area (Å²) in [6.07, 6.45) is 3.93. The fraction of sp³-hybridized carbons (Fsp3) is 0.471. The summed E-state index contributed by atoms with van der Waals surface area (Å²) in [6.45, 7) is 6.98. The monoisotopic (exact) mass is 313 g/mol. The molecule has 0 radical (unpaired) electrons. The lowest BCUT2D eigenvalue weighted by molar-refractivity contribution is 0.0931. The van der Waals surface area contributed by atoms with Crippen molar-refractivity contribution >= 4 is 5.91 Å². The first-order valence-corrected chi connectivity index (χ1v) is 8.19. The van der Waals surface area contributed by atoms with Crippen molar-refractivity contribution < 1.29 is 4.79 Å². The minimum atomic E-state index is -0.208. The van der Waals surface area contributed by atoms with Crippen molar-refractivity contribution in [2.24, 2.45) is 0 Å². The molecule has 6 heteroatoms. The molecule has 122 valence electrons. The summed E-state index contributed by atoms with van der Waals surface area (Å²) in [7, 11) is 0. The van der Waals surface area contributed by atoms with Crippen molar-refractivity contribution in [3.63, 3.8) is 0 Å². The van der Waals surface area contributed by atoms with Crippen molar-refractivity contribution in [1.82, 2.24) is 25.0 Å². The number of hydrogen-bond acceptors (Lipinski definition) is 4. The normalized spacial score (nSPS) is 18.3. The van der Waals surface area contributed by atoms with Crippen LogP contribution in [0.3, 0.4) is 0 Å². The van der Waals surface area contributed by atoms with Gasteiger partial charge in [-0.1, -0.05) is 25.1 Å². The second-order valence-electron chi connectivity index (χ2n) is 5.93. The van der Waals surface area contributed by atoms with Gasteiger partial charge in [0, 0.05) is 12.6 Å². The van der Waals surface area contributed by atoms with Gasteiger partial charge < -0.3 is 5.32 Å². The number of benzene rings is 1. The number of nitrogens with zero attached hydrogens (tertiary/aromatic N) is 4. The van der Waals surface area contributed by atoms with E-state index in [4.69, 9.17) is 0 Å². The highest BCUT2D eigenvalue weighted by Gasteiger charge is 2.24. The molecule has 2 heterocycles. The molecule has 1 aliphatic heterocycles. The number of rotatable bonds is 5. The van der Waals surface area contributed by atoms with Gasteiger partial charge >= 0.3 is 0 Å². The van der Waals surface area contributed by atoms with Gasteiger partial charge in [0.2, 0.25) is 5.82 Å². The number of carbonyl (C=O) groups is 1. The Morgan fingerprint density at radius 1 is 1.39 bits per heavy atom. The molecular weight excluding hydrogens is 290 g/mol. The van der Waals surface area contributed by atoms with E-state index in [1.165, 1.54) is 6.42 Å². The Kier molecular flexibility index (Phi) is 4.71. The Morgan fingerprint density at radius 2 is 2.22 bits per heavy atom. The predicted molar refractivity (Wildman–Crippen MR) is 88.7 cm³/mol. The zero-order chi connectivity index (χ0) is 16.2. The van der Waals surface area contributed by atoms with Crippen LogP contribution in [0.2, 0.25) is 0 Å². The molecular formula is C17H23N5O. The standard InChI is InChI=1S/C17H23N5O/c1-3-21-10-6-8-14(21)11-18-17(23)16-19-12-22(20-16)15-9-5-4-7-13(15)2/h4-5,7,9,12,14H,3,6,8,10-11H2,1-2H3,(H,18,23)/t14-/m1/s1. The Labute approximate surface area is 136 Å². The van der Waals surface area contributed by atoms with Crippen molar-refractivity contribution in [3.05, 3.63) is 42.0 Å². The van der Waals surface area contributed by atoms with Crippen molar-refractivity contribution in [2.45, 2.75) is 32.7 Å². The molecule has 1 saturated heterocycles. The van der Waals surface area contributed by atoms with E-state index in [1.54, 1.807) is 11.0 Å². The van der Waals surface area contributed by atoms with E-state index < -0.39 is 0 Å². The summed E-state index contributed by atoms with van der Waals surface area (Å²) in [5.41, 5.74) is 2.03. The fourth-order valence-electron chi connectivity index (χ4n) is 3.14. The van der Waals surface area contributed by atoms with E-state index in [0.29, 0.717) is 12.6 Å². The van der Waals surface area contributed by atoms with Gasteiger partial charge in [0.15, 0.2) is 0 Å². The van der Waals surface area contributed by atoms with Gasteiger partial charge in [0.1, 0.15) is 6.33 Å². The first kappa shape index (κ1) is 15.7. The predicted octanol–water partition coefficient (Wildman–Crippen LogP) is 1.79. The molecule has 1 amide bonds. The maximum absolute atomic E-state index is 12.3. The van der Waals surface area contributed by atoms with Gasteiger partial charge in [-0.15, -0.1) is 5.10 Å². The minimum absolute atomic E-state index is 0.208. The van der Waals surface area contributed by atoms with Crippen LogP contribution < -0.4 is 5.32 Å². The lowest BCUT2D eigenvalue weighted by atomic mass is 10.2. The molecule has 1 aromatic heterocycles. The van der Waals surface area contributed by atoms with E-state index >= 15 is 0 Å². The van der Waals surface area contributed by atoms with Crippen LogP contribution in [0.15, 0.2) is 30.6 Å². The third-order valence-electron chi connectivity index (χ3n) is 4.46. The summed E-state index contributed by atoms with van der Waals surface area (Å²) in [6, 6.07) is 8.33. The van der Waals surface area contributed by atoms with E-state index in [0.717, 1.165) is 30.8 Å². The van der Waals surface area contributed by atoms with Crippen LogP contribution in [-0.2, 0) is 0 Å². The van der Waals surface area contributed by atoms with Crippen LogP contribution in [0, 0.1) is 6.92 Å².